The van der Waals surface area contributed by atoms with Crippen molar-refractivity contribution in [2.24, 2.45) is 0 Å². The van der Waals surface area contributed by atoms with Gasteiger partial charge in [0.05, 0.1) is 23.3 Å². The van der Waals surface area contributed by atoms with Crippen LogP contribution in [0.3, 0.4) is 0 Å². The minimum Gasteiger partial charge on any atom is -0.389 e. The number of aliphatic hydroxyl groups is 1. The summed E-state index contributed by atoms with van der Waals surface area (Å²) in [5, 5.41) is 9.72. The fourth-order valence-electron chi connectivity index (χ4n) is 2.93. The van der Waals surface area contributed by atoms with Crippen LogP contribution >= 0.6 is 0 Å². The lowest BCUT2D eigenvalue weighted by Gasteiger charge is -2.09. The molecular weight excluding hydrogens is 317 g/mol. The molecule has 4 aromatic rings. The molecule has 0 radical (unpaired) electrons. The number of rotatable bonds is 3. The molecule has 5 heteroatoms. The Morgan fingerprint density at radius 3 is 2.80 bits per heavy atom. The van der Waals surface area contributed by atoms with Crippen molar-refractivity contribution in [3.63, 3.8) is 0 Å². The van der Waals surface area contributed by atoms with Gasteiger partial charge in [0.25, 0.3) is 0 Å². The summed E-state index contributed by atoms with van der Waals surface area (Å²) >= 11 is 0. The average Bonchev–Trinajstić information content (AvgIpc) is 3.05. The molecule has 1 atom stereocenters. The van der Waals surface area contributed by atoms with Crippen LogP contribution < -0.4 is 0 Å². The summed E-state index contributed by atoms with van der Waals surface area (Å²) in [6, 6.07) is 15.0. The van der Waals surface area contributed by atoms with Crippen molar-refractivity contribution >= 4 is 11.0 Å². The monoisotopic (exact) mass is 333 g/mol. The Bertz CT molecular complexity index is 1060. The van der Waals surface area contributed by atoms with Gasteiger partial charge in [0.15, 0.2) is 0 Å². The summed E-state index contributed by atoms with van der Waals surface area (Å²) in [5.41, 5.74) is 4.74. The van der Waals surface area contributed by atoms with Gasteiger partial charge < -0.3 is 5.11 Å². The van der Waals surface area contributed by atoms with Crippen LogP contribution in [0.25, 0.3) is 27.8 Å². The van der Waals surface area contributed by atoms with E-state index in [1.54, 1.807) is 25.5 Å². The predicted molar refractivity (Wildman–Crippen MR) is 94.9 cm³/mol. The van der Waals surface area contributed by atoms with Crippen LogP contribution in [-0.4, -0.2) is 19.6 Å². The first-order chi connectivity index (χ1) is 12.1. The Kier molecular flexibility index (Phi) is 3.78. The Morgan fingerprint density at radius 2 is 2.00 bits per heavy atom. The van der Waals surface area contributed by atoms with Gasteiger partial charge in [0, 0.05) is 17.4 Å². The molecule has 0 fully saturated rings. The van der Waals surface area contributed by atoms with E-state index in [2.05, 4.69) is 9.97 Å². The Labute approximate surface area is 144 Å². The largest absolute Gasteiger partial charge is 0.389 e. The van der Waals surface area contributed by atoms with E-state index >= 15 is 0 Å². The van der Waals surface area contributed by atoms with Crippen LogP contribution in [-0.2, 0) is 0 Å². The summed E-state index contributed by atoms with van der Waals surface area (Å²) in [7, 11) is 0. The maximum Gasteiger partial charge on any atom is 0.149 e. The van der Waals surface area contributed by atoms with Crippen molar-refractivity contribution < 1.29 is 9.50 Å². The molecule has 0 bridgehead atoms. The van der Waals surface area contributed by atoms with E-state index in [9.17, 15) is 9.50 Å². The van der Waals surface area contributed by atoms with Crippen LogP contribution in [0.4, 0.5) is 4.39 Å². The standard InChI is InChI=1S/C20H16FN3O/c1-13(25)14-5-6-20-19(10-14)23-12-24(20)16-4-2-3-15(9-16)17-7-8-22-11-18(17)21/h2-13,25H,1H3. The van der Waals surface area contributed by atoms with E-state index in [0.29, 0.717) is 5.56 Å². The molecule has 0 aliphatic rings. The van der Waals surface area contributed by atoms with Crippen LogP contribution in [0.5, 0.6) is 0 Å². The Balaban J connectivity index is 1.82. The first-order valence-corrected chi connectivity index (χ1v) is 7.99. The second-order valence-electron chi connectivity index (χ2n) is 5.94. The predicted octanol–water partition coefficient (Wildman–Crippen LogP) is 4.28. The molecule has 2 heterocycles. The van der Waals surface area contributed by atoms with Gasteiger partial charge in [-0.05, 0) is 48.4 Å². The van der Waals surface area contributed by atoms with E-state index < -0.39 is 6.10 Å². The quantitative estimate of drug-likeness (QED) is 0.609. The van der Waals surface area contributed by atoms with Gasteiger partial charge in [-0.15, -0.1) is 0 Å². The smallest absolute Gasteiger partial charge is 0.149 e. The highest BCUT2D eigenvalue weighted by molar-refractivity contribution is 5.79. The van der Waals surface area contributed by atoms with Gasteiger partial charge in [-0.3, -0.25) is 9.55 Å². The van der Waals surface area contributed by atoms with Crippen LogP contribution in [0.1, 0.15) is 18.6 Å². The molecule has 0 saturated carbocycles. The number of aliphatic hydroxyl groups excluding tert-OH is 1. The van der Waals surface area contributed by atoms with Crippen LogP contribution in [0.15, 0.2) is 67.3 Å². The van der Waals surface area contributed by atoms with Crippen LogP contribution in [0.2, 0.25) is 0 Å². The van der Waals surface area contributed by atoms with Crippen molar-refractivity contribution in [2.45, 2.75) is 13.0 Å². The van der Waals surface area contributed by atoms with Crippen molar-refractivity contribution in [1.29, 1.82) is 0 Å². The molecular formula is C20H16FN3O. The number of benzene rings is 2. The van der Waals surface area contributed by atoms with Gasteiger partial charge in [-0.2, -0.15) is 0 Å². The molecule has 124 valence electrons. The zero-order chi connectivity index (χ0) is 17.4. The molecule has 0 amide bonds. The summed E-state index contributed by atoms with van der Waals surface area (Å²) < 4.78 is 16.0. The average molecular weight is 333 g/mol. The second kappa shape index (κ2) is 6.11. The maximum atomic E-state index is 14.0. The van der Waals surface area contributed by atoms with Gasteiger partial charge in [0.2, 0.25) is 0 Å². The first-order valence-electron chi connectivity index (χ1n) is 7.99. The van der Waals surface area contributed by atoms with Crippen LogP contribution in [0, 0.1) is 5.82 Å². The van der Waals surface area contributed by atoms with Crippen molar-refractivity contribution in [2.75, 3.05) is 0 Å². The minimum absolute atomic E-state index is 0.350. The first kappa shape index (κ1) is 15.5. The van der Waals surface area contributed by atoms with Gasteiger partial charge >= 0.3 is 0 Å². The third-order valence-electron chi connectivity index (χ3n) is 4.26. The fourth-order valence-corrected chi connectivity index (χ4v) is 2.93. The fraction of sp³-hybridized carbons (Fsp3) is 0.100. The normalized spacial score (nSPS) is 12.4. The van der Waals surface area contributed by atoms with E-state index in [1.165, 1.54) is 6.20 Å². The lowest BCUT2D eigenvalue weighted by molar-refractivity contribution is 0.199. The zero-order valence-electron chi connectivity index (χ0n) is 13.6. The van der Waals surface area contributed by atoms with Gasteiger partial charge in [-0.1, -0.05) is 18.2 Å². The third-order valence-corrected chi connectivity index (χ3v) is 4.26. The van der Waals surface area contributed by atoms with Gasteiger partial charge in [-0.25, -0.2) is 9.37 Å². The number of hydrogen-bond acceptors (Lipinski definition) is 3. The zero-order valence-corrected chi connectivity index (χ0v) is 13.6. The molecule has 1 unspecified atom stereocenters. The number of nitrogens with zero attached hydrogens (tertiary/aromatic N) is 3. The van der Waals surface area contributed by atoms with E-state index in [-0.39, 0.29) is 5.82 Å². The second-order valence-corrected chi connectivity index (χ2v) is 5.94. The lowest BCUT2D eigenvalue weighted by Crippen LogP contribution is -1.94. The van der Waals surface area contributed by atoms with E-state index in [0.717, 1.165) is 27.8 Å². The van der Waals surface area contributed by atoms with E-state index in [4.69, 9.17) is 0 Å². The number of imidazole rings is 1. The number of hydrogen-bond donors (Lipinski definition) is 1. The number of halogens is 1. The van der Waals surface area contributed by atoms with E-state index in [1.807, 2.05) is 47.0 Å². The molecule has 25 heavy (non-hydrogen) atoms. The molecule has 0 aliphatic carbocycles. The number of pyridine rings is 1. The molecule has 2 aromatic carbocycles. The van der Waals surface area contributed by atoms with Crippen molar-refractivity contribution in [3.05, 3.63) is 78.6 Å². The summed E-state index contributed by atoms with van der Waals surface area (Å²) in [5.74, 6) is -0.350. The SMILES string of the molecule is CC(O)c1ccc2c(c1)ncn2-c1cccc(-c2ccncc2F)c1. The summed E-state index contributed by atoms with van der Waals surface area (Å²) in [6.45, 7) is 1.73. The Morgan fingerprint density at radius 1 is 1.12 bits per heavy atom. The molecule has 4 rings (SSSR count). The maximum absolute atomic E-state index is 14.0. The number of fused-ring (bicyclic) bond motifs is 1. The molecule has 1 N–H and O–H groups in total. The number of aromatic nitrogens is 3. The highest BCUT2D eigenvalue weighted by Gasteiger charge is 2.10. The third kappa shape index (κ3) is 2.79. The summed E-state index contributed by atoms with van der Waals surface area (Å²) in [6.07, 6.45) is 3.99. The highest BCUT2D eigenvalue weighted by atomic mass is 19.1. The Hall–Kier alpha value is -3.05. The van der Waals surface area contributed by atoms with Crippen molar-refractivity contribution in [3.8, 4) is 16.8 Å². The topological polar surface area (TPSA) is 50.9 Å². The highest BCUT2D eigenvalue weighted by Crippen LogP contribution is 2.27. The molecule has 0 aliphatic heterocycles. The van der Waals surface area contributed by atoms with Crippen molar-refractivity contribution in [1.82, 2.24) is 14.5 Å². The lowest BCUT2D eigenvalue weighted by atomic mass is 10.1. The molecule has 0 spiro atoms. The molecule has 0 saturated heterocycles. The molecule has 4 nitrogen and oxygen atoms in total. The molecule has 2 aromatic heterocycles. The summed E-state index contributed by atoms with van der Waals surface area (Å²) in [4.78, 5) is 8.22. The van der Waals surface area contributed by atoms with Gasteiger partial charge in [0.1, 0.15) is 12.1 Å². The minimum atomic E-state index is -0.535.